The molecule has 128 valence electrons. The molecule has 8 heteroatoms. The second kappa shape index (κ2) is 5.63. The summed E-state index contributed by atoms with van der Waals surface area (Å²) in [7, 11) is 0. The van der Waals surface area contributed by atoms with E-state index >= 15 is 0 Å². The topological polar surface area (TPSA) is 125 Å². The fourth-order valence-electron chi connectivity index (χ4n) is 2.60. The van der Waals surface area contributed by atoms with Gasteiger partial charge >= 0.3 is 17.1 Å². The van der Waals surface area contributed by atoms with E-state index in [1.54, 1.807) is 13.0 Å². The van der Waals surface area contributed by atoms with Gasteiger partial charge in [0.1, 0.15) is 5.75 Å². The number of aryl methyl sites for hydroxylation is 1. The average molecular weight is 333 g/mol. The van der Waals surface area contributed by atoms with Crippen molar-refractivity contribution in [3.8, 4) is 5.75 Å². The van der Waals surface area contributed by atoms with Crippen LogP contribution in [-0.2, 0) is 5.41 Å². The number of H-pyrrole nitrogens is 2. The summed E-state index contributed by atoms with van der Waals surface area (Å²) in [5.41, 5.74) is -2.14. The van der Waals surface area contributed by atoms with E-state index < -0.39 is 23.0 Å². The van der Waals surface area contributed by atoms with Gasteiger partial charge in [0.2, 0.25) is 0 Å². The van der Waals surface area contributed by atoms with Gasteiger partial charge in [-0.15, -0.1) is 0 Å². The molecule has 2 aromatic rings. The van der Waals surface area contributed by atoms with E-state index in [9.17, 15) is 24.3 Å². The van der Waals surface area contributed by atoms with Crippen LogP contribution in [0.15, 0.2) is 20.4 Å². The number of aromatic nitrogens is 3. The molecule has 0 fully saturated rings. The maximum Gasteiger partial charge on any atom is 0.340 e. The van der Waals surface area contributed by atoms with Gasteiger partial charge in [0, 0.05) is 5.56 Å². The van der Waals surface area contributed by atoms with Crippen molar-refractivity contribution in [2.75, 3.05) is 0 Å². The molecule has 1 heterocycles. The van der Waals surface area contributed by atoms with Crippen LogP contribution in [0.1, 0.15) is 47.8 Å². The molecule has 0 aliphatic carbocycles. The molecule has 0 radical (unpaired) electrons. The van der Waals surface area contributed by atoms with Crippen LogP contribution < -0.4 is 17.1 Å². The largest absolute Gasteiger partial charge is 0.507 e. The number of hydrogen-bond acceptors (Lipinski definition) is 5. The molecule has 0 saturated carbocycles. The van der Waals surface area contributed by atoms with Crippen LogP contribution in [0.4, 0.5) is 0 Å². The predicted molar refractivity (Wildman–Crippen MR) is 88.0 cm³/mol. The Hall–Kier alpha value is -2.90. The molecule has 24 heavy (non-hydrogen) atoms. The highest BCUT2D eigenvalue weighted by atomic mass is 16.3. The molecule has 0 spiro atoms. The zero-order valence-electron chi connectivity index (χ0n) is 14.1. The van der Waals surface area contributed by atoms with Crippen LogP contribution in [0, 0.1) is 13.8 Å². The smallest absolute Gasteiger partial charge is 0.340 e. The van der Waals surface area contributed by atoms with Crippen LogP contribution in [0.3, 0.4) is 0 Å². The van der Waals surface area contributed by atoms with Gasteiger partial charge in [0.05, 0.1) is 5.56 Å². The Labute approximate surface area is 136 Å². The first-order chi connectivity index (χ1) is 10.9. The minimum absolute atomic E-state index is 0.0418. The van der Waals surface area contributed by atoms with Gasteiger partial charge in [-0.2, -0.15) is 4.57 Å². The van der Waals surface area contributed by atoms with Crippen molar-refractivity contribution < 1.29 is 9.90 Å². The molecule has 0 bridgehead atoms. The number of carbonyl (C=O) groups excluding carboxylic acids is 1. The van der Waals surface area contributed by atoms with Crippen molar-refractivity contribution in [1.82, 2.24) is 14.5 Å². The van der Waals surface area contributed by atoms with E-state index in [0.717, 1.165) is 0 Å². The minimum Gasteiger partial charge on any atom is -0.507 e. The third-order valence-corrected chi connectivity index (χ3v) is 3.81. The van der Waals surface area contributed by atoms with Gasteiger partial charge in [-0.05, 0) is 30.4 Å². The molecule has 3 N–H and O–H groups in total. The number of phenols is 1. The van der Waals surface area contributed by atoms with Crippen molar-refractivity contribution >= 4 is 5.91 Å². The number of benzene rings is 1. The highest BCUT2D eigenvalue weighted by molar-refractivity contribution is 5.99. The quantitative estimate of drug-likeness (QED) is 0.702. The standard InChI is InChI=1S/C16H19N3O5/c1-7-6-9(16(3,4)5)11(20)8(2)10(7)12(21)19-14(23)17-13(22)18-15(19)24/h6,20H,1-5H3,(H2,17,18,22,23,24). The summed E-state index contributed by atoms with van der Waals surface area (Å²) in [4.78, 5) is 51.0. The maximum absolute atomic E-state index is 12.7. The lowest BCUT2D eigenvalue weighted by molar-refractivity contribution is 0.0946. The first-order valence-corrected chi connectivity index (χ1v) is 7.29. The number of nitrogens with one attached hydrogen (secondary N) is 2. The van der Waals surface area contributed by atoms with Crippen molar-refractivity contribution in [3.05, 3.63) is 59.8 Å². The summed E-state index contributed by atoms with van der Waals surface area (Å²) in [6.45, 7) is 8.94. The number of aromatic amines is 2. The van der Waals surface area contributed by atoms with Gasteiger partial charge in [-0.25, -0.2) is 14.4 Å². The van der Waals surface area contributed by atoms with Gasteiger partial charge < -0.3 is 5.11 Å². The lowest BCUT2D eigenvalue weighted by Gasteiger charge is -2.24. The molecule has 2 rings (SSSR count). The minimum atomic E-state index is -1.13. The first-order valence-electron chi connectivity index (χ1n) is 7.29. The molecule has 8 nitrogen and oxygen atoms in total. The van der Waals surface area contributed by atoms with Crippen LogP contribution in [0.25, 0.3) is 0 Å². The lowest BCUT2D eigenvalue weighted by atomic mass is 9.82. The molecule has 0 atom stereocenters. The van der Waals surface area contributed by atoms with Crippen molar-refractivity contribution in [3.63, 3.8) is 0 Å². The van der Waals surface area contributed by atoms with Gasteiger partial charge in [-0.3, -0.25) is 14.8 Å². The van der Waals surface area contributed by atoms with Gasteiger partial charge in [-0.1, -0.05) is 26.8 Å². The van der Waals surface area contributed by atoms with Crippen LogP contribution in [0.5, 0.6) is 5.75 Å². The maximum atomic E-state index is 12.7. The van der Waals surface area contributed by atoms with Gasteiger partial charge in [0.25, 0.3) is 5.91 Å². The fourth-order valence-corrected chi connectivity index (χ4v) is 2.60. The van der Waals surface area contributed by atoms with Crippen molar-refractivity contribution in [2.24, 2.45) is 0 Å². The average Bonchev–Trinajstić information content (AvgIpc) is 2.40. The number of carbonyl (C=O) groups is 1. The van der Waals surface area contributed by atoms with Gasteiger partial charge in [0.15, 0.2) is 0 Å². The van der Waals surface area contributed by atoms with Crippen molar-refractivity contribution in [2.45, 2.75) is 40.0 Å². The number of nitrogens with zero attached hydrogens (tertiary/aromatic N) is 1. The molecular weight excluding hydrogens is 314 g/mol. The second-order valence-electron chi connectivity index (χ2n) is 6.67. The van der Waals surface area contributed by atoms with E-state index in [0.29, 0.717) is 15.7 Å². The summed E-state index contributed by atoms with van der Waals surface area (Å²) < 4.78 is 0.299. The van der Waals surface area contributed by atoms with Crippen LogP contribution >= 0.6 is 0 Å². The summed E-state index contributed by atoms with van der Waals surface area (Å²) in [6.07, 6.45) is 0. The monoisotopic (exact) mass is 333 g/mol. The molecule has 0 aliphatic rings. The fraction of sp³-hybridized carbons (Fsp3) is 0.375. The van der Waals surface area contributed by atoms with E-state index in [-0.39, 0.29) is 22.3 Å². The SMILES string of the molecule is Cc1cc(C(C)(C)C)c(O)c(C)c1C(=O)n1c(=O)[nH]c(=O)[nH]c1=O. The number of rotatable bonds is 1. The Balaban J connectivity index is 2.78. The third-order valence-electron chi connectivity index (χ3n) is 3.81. The van der Waals surface area contributed by atoms with Crippen molar-refractivity contribution in [1.29, 1.82) is 0 Å². The highest BCUT2D eigenvalue weighted by Gasteiger charge is 2.26. The lowest BCUT2D eigenvalue weighted by Crippen LogP contribution is -2.46. The van der Waals surface area contributed by atoms with Crippen LogP contribution in [0.2, 0.25) is 0 Å². The summed E-state index contributed by atoms with van der Waals surface area (Å²) in [6, 6.07) is 1.65. The molecule has 1 aromatic carbocycles. The van der Waals surface area contributed by atoms with E-state index in [2.05, 4.69) is 0 Å². The summed E-state index contributed by atoms with van der Waals surface area (Å²) in [5.74, 6) is -0.978. The molecular formula is C16H19N3O5. The van der Waals surface area contributed by atoms with E-state index in [4.69, 9.17) is 0 Å². The van der Waals surface area contributed by atoms with E-state index in [1.807, 2.05) is 30.7 Å². The Morgan fingerprint density at radius 1 is 1.08 bits per heavy atom. The normalized spacial score (nSPS) is 11.5. The number of hydrogen-bond donors (Lipinski definition) is 3. The van der Waals surface area contributed by atoms with E-state index in [1.165, 1.54) is 6.92 Å². The third kappa shape index (κ3) is 2.82. The second-order valence-corrected chi connectivity index (χ2v) is 6.67. The Bertz CT molecular complexity index is 968. The predicted octanol–water partition coefficient (Wildman–Crippen LogP) is 0.533. The summed E-state index contributed by atoms with van der Waals surface area (Å²) in [5, 5.41) is 10.4. The number of phenolic OH excluding ortho intramolecular Hbond substituents is 1. The summed E-state index contributed by atoms with van der Waals surface area (Å²) >= 11 is 0. The van der Waals surface area contributed by atoms with Crippen LogP contribution in [-0.4, -0.2) is 25.5 Å². The number of aromatic hydroxyl groups is 1. The Morgan fingerprint density at radius 3 is 2.04 bits per heavy atom. The molecule has 0 aliphatic heterocycles. The molecule has 1 aromatic heterocycles. The molecule has 0 saturated heterocycles. The highest BCUT2D eigenvalue weighted by Crippen LogP contribution is 2.36. The molecule has 0 amide bonds. The Kier molecular flexibility index (Phi) is 4.09. The molecule has 0 unspecified atom stereocenters. The Morgan fingerprint density at radius 2 is 1.58 bits per heavy atom. The first kappa shape index (κ1) is 17.5. The zero-order valence-corrected chi connectivity index (χ0v) is 14.1. The zero-order chi connectivity index (χ0) is 18.4.